The van der Waals surface area contributed by atoms with Crippen LogP contribution in [0.15, 0.2) is 72.9 Å². The molecular weight excluding hydrogens is 400 g/mol. The molecule has 2 amide bonds. The van der Waals surface area contributed by atoms with Crippen molar-refractivity contribution in [2.75, 3.05) is 29.9 Å². The normalized spacial score (nSPS) is 16.3. The summed E-state index contributed by atoms with van der Waals surface area (Å²) in [5.74, 6) is 2.25. The number of anilines is 2. The molecule has 4 rings (SSSR count). The van der Waals surface area contributed by atoms with Crippen molar-refractivity contribution in [1.82, 2.24) is 9.88 Å². The average molecular weight is 423 g/mol. The molecule has 1 N–H and O–H groups in total. The third kappa shape index (κ3) is 4.66. The third-order valence-corrected chi connectivity index (χ3v) is 5.31. The molecule has 7 heteroatoms. The van der Waals surface area contributed by atoms with Gasteiger partial charge in [0.15, 0.2) is 0 Å². The van der Waals surface area contributed by atoms with Crippen molar-refractivity contribution in [3.8, 4) is 11.5 Å². The molecule has 3 aromatic rings. The quantitative estimate of drug-likeness (QED) is 0.622. The van der Waals surface area contributed by atoms with E-state index in [0.717, 1.165) is 17.3 Å². The van der Waals surface area contributed by atoms with Crippen molar-refractivity contribution < 1.29 is 9.53 Å². The number of aromatic nitrogens is 1. The molecule has 2 aromatic carbocycles. The van der Waals surface area contributed by atoms with Crippen LogP contribution in [0.1, 0.15) is 6.92 Å². The number of pyridine rings is 1. The lowest BCUT2D eigenvalue weighted by Crippen LogP contribution is -2.55. The Morgan fingerprint density at radius 3 is 2.47 bits per heavy atom. The standard InChI is InChI=1S/C23H23ClN4O2/c1-17-16-27(22-21(24)8-5-13-25-22)14-15-28(17)23(29)26-18-9-11-20(12-10-18)30-19-6-3-2-4-7-19/h2-13,17H,14-16H2,1H3,(H,26,29)/t17-/m1/s1. The number of carbonyl (C=O) groups is 1. The van der Waals surface area contributed by atoms with Gasteiger partial charge in [0.25, 0.3) is 0 Å². The van der Waals surface area contributed by atoms with Gasteiger partial charge in [0.1, 0.15) is 17.3 Å². The molecule has 1 saturated heterocycles. The fraction of sp³-hybridized carbons (Fsp3) is 0.217. The van der Waals surface area contributed by atoms with Crippen LogP contribution in [-0.2, 0) is 0 Å². The molecule has 1 atom stereocenters. The molecule has 154 valence electrons. The van der Waals surface area contributed by atoms with Crippen LogP contribution in [0.3, 0.4) is 0 Å². The highest BCUT2D eigenvalue weighted by Gasteiger charge is 2.28. The second-order valence-electron chi connectivity index (χ2n) is 7.17. The molecule has 30 heavy (non-hydrogen) atoms. The first kappa shape index (κ1) is 20.0. The topological polar surface area (TPSA) is 57.7 Å². The van der Waals surface area contributed by atoms with Crippen molar-refractivity contribution >= 4 is 29.1 Å². The van der Waals surface area contributed by atoms with E-state index in [1.54, 1.807) is 6.20 Å². The van der Waals surface area contributed by atoms with Gasteiger partial charge in [-0.05, 0) is 55.5 Å². The van der Waals surface area contributed by atoms with Gasteiger partial charge >= 0.3 is 6.03 Å². The summed E-state index contributed by atoms with van der Waals surface area (Å²) in [6, 6.07) is 20.5. The minimum Gasteiger partial charge on any atom is -0.457 e. The molecule has 0 saturated carbocycles. The lowest BCUT2D eigenvalue weighted by molar-refractivity contribution is 0.184. The summed E-state index contributed by atoms with van der Waals surface area (Å²) in [5, 5.41) is 3.60. The van der Waals surface area contributed by atoms with E-state index in [2.05, 4.69) is 15.2 Å². The summed E-state index contributed by atoms with van der Waals surface area (Å²) in [6.45, 7) is 3.97. The van der Waals surface area contributed by atoms with Crippen molar-refractivity contribution in [2.24, 2.45) is 0 Å². The van der Waals surface area contributed by atoms with E-state index in [0.29, 0.717) is 30.4 Å². The Kier molecular flexibility index (Phi) is 6.05. The molecule has 0 spiro atoms. The molecule has 0 radical (unpaired) electrons. The van der Waals surface area contributed by atoms with Gasteiger partial charge in [-0.3, -0.25) is 0 Å². The summed E-state index contributed by atoms with van der Waals surface area (Å²) < 4.78 is 5.79. The molecule has 0 bridgehead atoms. The van der Waals surface area contributed by atoms with Crippen LogP contribution in [-0.4, -0.2) is 41.6 Å². The monoisotopic (exact) mass is 422 g/mol. The first-order valence-corrected chi connectivity index (χ1v) is 10.2. The van der Waals surface area contributed by atoms with Crippen molar-refractivity contribution in [2.45, 2.75) is 13.0 Å². The maximum Gasteiger partial charge on any atom is 0.322 e. The maximum atomic E-state index is 12.8. The van der Waals surface area contributed by atoms with Crippen LogP contribution in [0.5, 0.6) is 11.5 Å². The lowest BCUT2D eigenvalue weighted by Gasteiger charge is -2.40. The summed E-state index contributed by atoms with van der Waals surface area (Å²) >= 11 is 6.27. The smallest absolute Gasteiger partial charge is 0.322 e. The average Bonchev–Trinajstić information content (AvgIpc) is 2.76. The third-order valence-electron chi connectivity index (χ3n) is 5.01. The van der Waals surface area contributed by atoms with Crippen molar-refractivity contribution in [3.05, 3.63) is 77.9 Å². The lowest BCUT2D eigenvalue weighted by atomic mass is 10.2. The first-order valence-electron chi connectivity index (χ1n) is 9.86. The van der Waals surface area contributed by atoms with Crippen LogP contribution in [0, 0.1) is 0 Å². The summed E-state index contributed by atoms with van der Waals surface area (Å²) in [5.41, 5.74) is 0.725. The van der Waals surface area contributed by atoms with E-state index in [4.69, 9.17) is 16.3 Å². The summed E-state index contributed by atoms with van der Waals surface area (Å²) in [4.78, 5) is 21.1. The Morgan fingerprint density at radius 1 is 1.03 bits per heavy atom. The van der Waals surface area contributed by atoms with Crippen LogP contribution in [0.25, 0.3) is 0 Å². The van der Waals surface area contributed by atoms with Crippen LogP contribution >= 0.6 is 11.6 Å². The van der Waals surface area contributed by atoms with E-state index in [9.17, 15) is 4.79 Å². The van der Waals surface area contributed by atoms with Crippen molar-refractivity contribution in [1.29, 1.82) is 0 Å². The Balaban J connectivity index is 1.34. The molecule has 1 fully saturated rings. The van der Waals surface area contributed by atoms with Crippen molar-refractivity contribution in [3.63, 3.8) is 0 Å². The van der Waals surface area contributed by atoms with Gasteiger partial charge in [-0.1, -0.05) is 29.8 Å². The van der Waals surface area contributed by atoms with Gasteiger partial charge in [0.2, 0.25) is 0 Å². The van der Waals surface area contributed by atoms with Crippen LogP contribution in [0.4, 0.5) is 16.3 Å². The Hall–Kier alpha value is -3.25. The second-order valence-corrected chi connectivity index (χ2v) is 7.57. The minimum absolute atomic E-state index is 0.0255. The number of amides is 2. The number of nitrogens with one attached hydrogen (secondary N) is 1. The highest BCUT2D eigenvalue weighted by atomic mass is 35.5. The van der Waals surface area contributed by atoms with Crippen LogP contribution in [0.2, 0.25) is 5.02 Å². The number of hydrogen-bond acceptors (Lipinski definition) is 4. The number of ether oxygens (including phenoxy) is 1. The maximum absolute atomic E-state index is 12.8. The molecule has 0 unspecified atom stereocenters. The van der Waals surface area contributed by atoms with Gasteiger partial charge in [0.05, 0.1) is 5.02 Å². The predicted molar refractivity (Wildman–Crippen MR) is 120 cm³/mol. The number of urea groups is 1. The number of nitrogens with zero attached hydrogens (tertiary/aromatic N) is 3. The highest BCUT2D eigenvalue weighted by molar-refractivity contribution is 6.32. The molecule has 1 aromatic heterocycles. The van der Waals surface area contributed by atoms with Gasteiger partial charge in [-0.2, -0.15) is 0 Å². The van der Waals surface area contributed by atoms with Gasteiger partial charge in [-0.25, -0.2) is 9.78 Å². The molecule has 0 aliphatic carbocycles. The summed E-state index contributed by atoms with van der Waals surface area (Å²) in [6.07, 6.45) is 1.73. The zero-order valence-corrected chi connectivity index (χ0v) is 17.4. The molecule has 1 aliphatic rings. The fourth-order valence-electron chi connectivity index (χ4n) is 3.49. The highest BCUT2D eigenvalue weighted by Crippen LogP contribution is 2.26. The SMILES string of the molecule is C[C@@H]1CN(c2ncccc2Cl)CCN1C(=O)Nc1ccc(Oc2ccccc2)cc1. The van der Waals surface area contributed by atoms with Crippen LogP contribution < -0.4 is 15.0 Å². The number of carbonyl (C=O) groups excluding carboxylic acids is 1. The Bertz CT molecular complexity index is 998. The number of halogens is 1. The molecule has 6 nitrogen and oxygen atoms in total. The summed E-state index contributed by atoms with van der Waals surface area (Å²) in [7, 11) is 0. The number of para-hydroxylation sites is 1. The molecule has 1 aliphatic heterocycles. The van der Waals surface area contributed by atoms with E-state index < -0.39 is 0 Å². The van der Waals surface area contributed by atoms with E-state index in [1.165, 1.54) is 0 Å². The largest absolute Gasteiger partial charge is 0.457 e. The first-order chi connectivity index (χ1) is 14.6. The van der Waals surface area contributed by atoms with Gasteiger partial charge < -0.3 is 19.9 Å². The second kappa shape index (κ2) is 9.05. The van der Waals surface area contributed by atoms with E-state index in [1.807, 2.05) is 78.6 Å². The van der Waals surface area contributed by atoms with E-state index in [-0.39, 0.29) is 12.1 Å². The van der Waals surface area contributed by atoms with Gasteiger partial charge in [0, 0.05) is 37.6 Å². The van der Waals surface area contributed by atoms with Gasteiger partial charge in [-0.15, -0.1) is 0 Å². The molecule has 2 heterocycles. The minimum atomic E-state index is -0.119. The fourth-order valence-corrected chi connectivity index (χ4v) is 3.73. The zero-order chi connectivity index (χ0) is 20.9. The zero-order valence-electron chi connectivity index (χ0n) is 16.7. The molecular formula is C23H23ClN4O2. The number of piperazine rings is 1. The Morgan fingerprint density at radius 2 is 1.77 bits per heavy atom. The number of rotatable bonds is 4. The predicted octanol–water partition coefficient (Wildman–Crippen LogP) is 5.27. The number of benzene rings is 2. The Labute approximate surface area is 181 Å². The number of hydrogen-bond donors (Lipinski definition) is 1. The van der Waals surface area contributed by atoms with E-state index >= 15 is 0 Å².